The number of ether oxygens (including phenoxy) is 1. The Morgan fingerprint density at radius 1 is 1.17 bits per heavy atom. The molecule has 0 aliphatic carbocycles. The van der Waals surface area contributed by atoms with Crippen LogP contribution >= 0.6 is 0 Å². The highest BCUT2D eigenvalue weighted by Crippen LogP contribution is 2.18. The van der Waals surface area contributed by atoms with E-state index in [0.717, 1.165) is 56.2 Å². The van der Waals surface area contributed by atoms with Crippen LogP contribution in [0.4, 0.5) is 0 Å². The van der Waals surface area contributed by atoms with Gasteiger partial charge in [0.25, 0.3) is 5.91 Å². The Hall–Kier alpha value is -1.40. The van der Waals surface area contributed by atoms with E-state index in [1.54, 1.807) is 4.68 Å². The van der Waals surface area contributed by atoms with Gasteiger partial charge in [-0.1, -0.05) is 6.42 Å². The summed E-state index contributed by atoms with van der Waals surface area (Å²) < 4.78 is 7.83. The van der Waals surface area contributed by atoms with Gasteiger partial charge in [0.2, 0.25) is 0 Å². The van der Waals surface area contributed by atoms with Crippen LogP contribution in [-0.4, -0.2) is 70.9 Å². The van der Waals surface area contributed by atoms with E-state index < -0.39 is 0 Å². The Morgan fingerprint density at radius 2 is 1.92 bits per heavy atom. The average Bonchev–Trinajstić information content (AvgIpc) is 2.74. The fourth-order valence-electron chi connectivity index (χ4n) is 3.86. The van der Waals surface area contributed by atoms with Gasteiger partial charge in [-0.05, 0) is 46.2 Å². The summed E-state index contributed by atoms with van der Waals surface area (Å²) in [7, 11) is 1.89. The maximum Gasteiger partial charge on any atom is 0.257 e. The van der Waals surface area contributed by atoms with Crippen molar-refractivity contribution in [2.75, 3.05) is 39.3 Å². The Labute approximate surface area is 144 Å². The minimum Gasteiger partial charge on any atom is -0.375 e. The Kier molecular flexibility index (Phi) is 5.56. The number of amides is 1. The summed E-state index contributed by atoms with van der Waals surface area (Å²) in [4.78, 5) is 17.5. The third-order valence-corrected chi connectivity index (χ3v) is 5.27. The van der Waals surface area contributed by atoms with Crippen LogP contribution in [-0.2, 0) is 11.8 Å². The molecule has 134 valence electrons. The van der Waals surface area contributed by atoms with Gasteiger partial charge in [0.15, 0.2) is 0 Å². The molecule has 2 aliphatic heterocycles. The summed E-state index contributed by atoms with van der Waals surface area (Å²) in [5.41, 5.74) is 2.52. The summed E-state index contributed by atoms with van der Waals surface area (Å²) in [5.74, 6) is 0.104. The molecule has 0 aromatic carbocycles. The second-order valence-corrected chi connectivity index (χ2v) is 7.13. The molecule has 6 nitrogen and oxygen atoms in total. The van der Waals surface area contributed by atoms with Crippen molar-refractivity contribution in [3.63, 3.8) is 0 Å². The Balaban J connectivity index is 1.68. The second-order valence-electron chi connectivity index (χ2n) is 7.13. The van der Waals surface area contributed by atoms with Gasteiger partial charge in [-0.2, -0.15) is 5.10 Å². The van der Waals surface area contributed by atoms with Crippen LogP contribution in [0.5, 0.6) is 0 Å². The van der Waals surface area contributed by atoms with Crippen LogP contribution in [0.3, 0.4) is 0 Å². The van der Waals surface area contributed by atoms with Gasteiger partial charge in [0.05, 0.1) is 17.4 Å². The smallest absolute Gasteiger partial charge is 0.257 e. The molecule has 1 aromatic rings. The van der Waals surface area contributed by atoms with Gasteiger partial charge >= 0.3 is 0 Å². The number of nitrogens with zero attached hydrogens (tertiary/aromatic N) is 4. The Bertz CT molecular complexity index is 578. The van der Waals surface area contributed by atoms with Crippen molar-refractivity contribution < 1.29 is 9.53 Å². The summed E-state index contributed by atoms with van der Waals surface area (Å²) in [6, 6.07) is 0. The van der Waals surface area contributed by atoms with Crippen LogP contribution in [0.15, 0.2) is 0 Å². The van der Waals surface area contributed by atoms with Crippen LogP contribution in [0.2, 0.25) is 0 Å². The highest BCUT2D eigenvalue weighted by molar-refractivity contribution is 5.96. The first-order valence-electron chi connectivity index (χ1n) is 9.19. The van der Waals surface area contributed by atoms with Gasteiger partial charge in [0, 0.05) is 39.0 Å². The van der Waals surface area contributed by atoms with Crippen LogP contribution in [0.1, 0.15) is 47.4 Å². The lowest BCUT2D eigenvalue weighted by Gasteiger charge is -2.31. The second kappa shape index (κ2) is 7.66. The van der Waals surface area contributed by atoms with Crippen molar-refractivity contribution in [2.45, 2.75) is 45.6 Å². The lowest BCUT2D eigenvalue weighted by atomic mass is 10.1. The third kappa shape index (κ3) is 3.81. The van der Waals surface area contributed by atoms with Crippen LogP contribution in [0.25, 0.3) is 0 Å². The highest BCUT2D eigenvalue weighted by atomic mass is 16.5. The number of carbonyl (C=O) groups excluding carboxylic acids is 1. The molecule has 3 rings (SSSR count). The van der Waals surface area contributed by atoms with E-state index in [-0.39, 0.29) is 12.0 Å². The summed E-state index contributed by atoms with van der Waals surface area (Å²) >= 11 is 0. The van der Waals surface area contributed by atoms with Crippen molar-refractivity contribution in [1.29, 1.82) is 0 Å². The molecule has 6 heteroatoms. The first-order valence-corrected chi connectivity index (χ1v) is 9.19. The maximum absolute atomic E-state index is 13.0. The number of carbonyl (C=O) groups is 1. The third-order valence-electron chi connectivity index (χ3n) is 5.27. The topological polar surface area (TPSA) is 50.6 Å². The van der Waals surface area contributed by atoms with Crippen molar-refractivity contribution >= 4 is 5.91 Å². The SMILES string of the molecule is Cc1nn(C)c(C)c1C(=O)N1CCCO[C@H](CN2CCCCC2)C1. The zero-order chi connectivity index (χ0) is 17.1. The monoisotopic (exact) mass is 334 g/mol. The summed E-state index contributed by atoms with van der Waals surface area (Å²) in [5, 5.41) is 4.39. The minimum atomic E-state index is 0.104. The largest absolute Gasteiger partial charge is 0.375 e. The van der Waals surface area contributed by atoms with E-state index in [4.69, 9.17) is 4.74 Å². The number of likely N-dealkylation sites (tertiary alicyclic amines) is 1. The van der Waals surface area contributed by atoms with E-state index in [9.17, 15) is 4.79 Å². The lowest BCUT2D eigenvalue weighted by molar-refractivity contribution is 0.0216. The molecule has 0 bridgehead atoms. The van der Waals surface area contributed by atoms with Crippen LogP contribution < -0.4 is 0 Å². The molecule has 1 atom stereocenters. The first kappa shape index (κ1) is 17.4. The van der Waals surface area contributed by atoms with E-state index in [2.05, 4.69) is 10.00 Å². The number of rotatable bonds is 3. The number of hydrogen-bond donors (Lipinski definition) is 0. The number of aromatic nitrogens is 2. The molecule has 1 aromatic heterocycles. The van der Waals surface area contributed by atoms with E-state index in [0.29, 0.717) is 6.54 Å². The van der Waals surface area contributed by atoms with Crippen LogP contribution in [0, 0.1) is 13.8 Å². The van der Waals surface area contributed by atoms with E-state index in [1.165, 1.54) is 19.3 Å². The van der Waals surface area contributed by atoms with Gasteiger partial charge in [-0.3, -0.25) is 9.48 Å². The predicted molar refractivity (Wildman–Crippen MR) is 93.2 cm³/mol. The minimum absolute atomic E-state index is 0.104. The molecule has 3 heterocycles. The maximum atomic E-state index is 13.0. The van der Waals surface area contributed by atoms with Crippen molar-refractivity contribution in [3.8, 4) is 0 Å². The molecule has 1 amide bonds. The lowest BCUT2D eigenvalue weighted by Crippen LogP contribution is -2.44. The van der Waals surface area contributed by atoms with Gasteiger partial charge < -0.3 is 14.5 Å². The molecule has 2 fully saturated rings. The van der Waals surface area contributed by atoms with E-state index >= 15 is 0 Å². The molecule has 2 aliphatic rings. The predicted octanol–water partition coefficient (Wildman–Crippen LogP) is 1.75. The zero-order valence-corrected chi connectivity index (χ0v) is 15.3. The molecule has 0 saturated carbocycles. The van der Waals surface area contributed by atoms with Crippen molar-refractivity contribution in [3.05, 3.63) is 17.0 Å². The molecule has 24 heavy (non-hydrogen) atoms. The van der Waals surface area contributed by atoms with Gasteiger partial charge in [-0.25, -0.2) is 0 Å². The summed E-state index contributed by atoms with van der Waals surface area (Å²) in [6.45, 7) is 9.34. The summed E-state index contributed by atoms with van der Waals surface area (Å²) in [6.07, 6.45) is 4.92. The molecular weight excluding hydrogens is 304 g/mol. The molecular formula is C18H30N4O2. The zero-order valence-electron chi connectivity index (χ0n) is 15.3. The van der Waals surface area contributed by atoms with Gasteiger partial charge in [-0.15, -0.1) is 0 Å². The molecule has 2 saturated heterocycles. The standard InChI is InChI=1S/C18H30N4O2/c1-14-17(15(2)20(3)19-14)18(23)22-10-7-11-24-16(13-22)12-21-8-5-4-6-9-21/h16H,4-13H2,1-3H3/t16-/m1/s1. The number of piperidine rings is 1. The normalized spacial score (nSPS) is 23.3. The van der Waals surface area contributed by atoms with Crippen molar-refractivity contribution in [2.24, 2.45) is 7.05 Å². The molecule has 0 spiro atoms. The molecule has 0 unspecified atom stereocenters. The molecule has 0 radical (unpaired) electrons. The van der Waals surface area contributed by atoms with Gasteiger partial charge in [0.1, 0.15) is 0 Å². The van der Waals surface area contributed by atoms with Crippen molar-refractivity contribution in [1.82, 2.24) is 19.6 Å². The number of hydrogen-bond acceptors (Lipinski definition) is 4. The molecule has 0 N–H and O–H groups in total. The van der Waals surface area contributed by atoms with E-state index in [1.807, 2.05) is 25.8 Å². The number of aryl methyl sites for hydroxylation is 2. The fraction of sp³-hybridized carbons (Fsp3) is 0.778. The average molecular weight is 334 g/mol. The first-order chi connectivity index (χ1) is 11.6. The fourth-order valence-corrected chi connectivity index (χ4v) is 3.86. The quantitative estimate of drug-likeness (QED) is 0.845. The highest BCUT2D eigenvalue weighted by Gasteiger charge is 2.28. The Morgan fingerprint density at radius 3 is 2.58 bits per heavy atom.